The van der Waals surface area contributed by atoms with Crippen LogP contribution in [0, 0.1) is 0 Å². The molecule has 3 atom stereocenters. The normalized spacial score (nSPS) is 19.0. The number of aromatic nitrogens is 1. The van der Waals surface area contributed by atoms with Crippen LogP contribution in [0.3, 0.4) is 0 Å². The lowest BCUT2D eigenvalue weighted by Gasteiger charge is -2.35. The molecule has 0 aliphatic carbocycles. The Morgan fingerprint density at radius 1 is 0.968 bits per heavy atom. The van der Waals surface area contributed by atoms with Gasteiger partial charge in [-0.2, -0.15) is 0 Å². The van der Waals surface area contributed by atoms with E-state index in [1.165, 1.54) is 34.9 Å². The van der Waals surface area contributed by atoms with Gasteiger partial charge in [0.2, 0.25) is 0 Å². The molecule has 0 radical (unpaired) electrons. The third kappa shape index (κ3) is 3.75. The largest absolute Gasteiger partial charge is 0.468 e. The molecule has 2 heterocycles. The summed E-state index contributed by atoms with van der Waals surface area (Å²) in [6.45, 7) is 0. The molecule has 3 aromatic carbocycles. The minimum absolute atomic E-state index is 0.0390. The third-order valence-electron chi connectivity index (χ3n) is 6.36. The fourth-order valence-electron chi connectivity index (χ4n) is 4.88. The molecular formula is C27H26N2O2. The van der Waals surface area contributed by atoms with E-state index in [0.29, 0.717) is 6.42 Å². The molecule has 4 heteroatoms. The van der Waals surface area contributed by atoms with E-state index in [9.17, 15) is 4.79 Å². The van der Waals surface area contributed by atoms with Crippen molar-refractivity contribution in [3.05, 3.63) is 107 Å². The smallest absolute Gasteiger partial charge is 0.323 e. The number of esters is 1. The molecular weight excluding hydrogens is 384 g/mol. The summed E-state index contributed by atoms with van der Waals surface area (Å²) in [6, 6.07) is 29.0. The zero-order valence-corrected chi connectivity index (χ0v) is 17.5. The molecule has 0 amide bonds. The average Bonchev–Trinajstić information content (AvgIpc) is 3.21. The highest BCUT2D eigenvalue weighted by Crippen LogP contribution is 2.41. The van der Waals surface area contributed by atoms with Gasteiger partial charge in [0.25, 0.3) is 0 Å². The molecule has 5 rings (SSSR count). The molecule has 0 fully saturated rings. The highest BCUT2D eigenvalue weighted by molar-refractivity contribution is 5.87. The predicted molar refractivity (Wildman–Crippen MR) is 123 cm³/mol. The van der Waals surface area contributed by atoms with Gasteiger partial charge in [0.15, 0.2) is 0 Å². The van der Waals surface area contributed by atoms with E-state index in [1.54, 1.807) is 0 Å². The summed E-state index contributed by atoms with van der Waals surface area (Å²) in [5.41, 5.74) is 6.01. The second-order valence-corrected chi connectivity index (χ2v) is 8.19. The van der Waals surface area contributed by atoms with Crippen LogP contribution in [0.15, 0.2) is 84.9 Å². The molecule has 4 nitrogen and oxygen atoms in total. The number of benzene rings is 3. The summed E-state index contributed by atoms with van der Waals surface area (Å²) < 4.78 is 5.13. The Morgan fingerprint density at radius 2 is 1.65 bits per heavy atom. The molecule has 156 valence electrons. The van der Waals surface area contributed by atoms with Crippen LogP contribution in [-0.2, 0) is 22.4 Å². The number of nitrogens with one attached hydrogen (secondary N) is 2. The average molecular weight is 411 g/mol. The number of H-pyrrole nitrogens is 1. The molecule has 0 saturated carbocycles. The van der Waals surface area contributed by atoms with Gasteiger partial charge in [-0.15, -0.1) is 0 Å². The monoisotopic (exact) mass is 410 g/mol. The quantitative estimate of drug-likeness (QED) is 0.459. The molecule has 4 aromatic rings. The van der Waals surface area contributed by atoms with Crippen LogP contribution in [0.5, 0.6) is 0 Å². The summed E-state index contributed by atoms with van der Waals surface area (Å²) >= 11 is 0. The fraction of sp³-hybridized carbons (Fsp3) is 0.222. The molecule has 31 heavy (non-hydrogen) atoms. The van der Waals surface area contributed by atoms with E-state index < -0.39 is 0 Å². The number of fused-ring (bicyclic) bond motifs is 3. The lowest BCUT2D eigenvalue weighted by atomic mass is 9.80. The minimum Gasteiger partial charge on any atom is -0.468 e. The number of ether oxygens (including phenoxy) is 1. The van der Waals surface area contributed by atoms with Crippen LogP contribution in [0.25, 0.3) is 10.9 Å². The number of aromatic amines is 1. The second-order valence-electron chi connectivity index (χ2n) is 8.19. The lowest BCUT2D eigenvalue weighted by Crippen LogP contribution is -2.47. The van der Waals surface area contributed by atoms with Gasteiger partial charge >= 0.3 is 5.97 Å². The van der Waals surface area contributed by atoms with Gasteiger partial charge in [-0.25, -0.2) is 0 Å². The van der Waals surface area contributed by atoms with Crippen molar-refractivity contribution in [2.24, 2.45) is 0 Å². The van der Waals surface area contributed by atoms with Gasteiger partial charge < -0.3 is 9.72 Å². The summed E-state index contributed by atoms with van der Waals surface area (Å²) in [4.78, 5) is 16.3. The van der Waals surface area contributed by atoms with E-state index in [4.69, 9.17) is 4.74 Å². The second kappa shape index (κ2) is 8.40. The van der Waals surface area contributed by atoms with Crippen LogP contribution in [0.2, 0.25) is 0 Å². The van der Waals surface area contributed by atoms with Crippen molar-refractivity contribution in [3.63, 3.8) is 0 Å². The summed E-state index contributed by atoms with van der Waals surface area (Å²) in [6.07, 6.45) is 1.49. The zero-order valence-electron chi connectivity index (χ0n) is 17.5. The van der Waals surface area contributed by atoms with Crippen molar-refractivity contribution in [2.75, 3.05) is 7.11 Å². The summed E-state index contributed by atoms with van der Waals surface area (Å²) in [7, 11) is 1.46. The van der Waals surface area contributed by atoms with E-state index in [1.807, 2.05) is 18.2 Å². The SMILES string of the molecule is COC(=O)[C@@H]1Cc2c([nH]c3ccccc23)[C@H]([C@@H](Cc2ccccc2)c2ccccc2)N1. The van der Waals surface area contributed by atoms with Crippen LogP contribution >= 0.6 is 0 Å². The molecule has 0 unspecified atom stereocenters. The first-order valence-electron chi connectivity index (χ1n) is 10.8. The van der Waals surface area contributed by atoms with Gasteiger partial charge in [0, 0.05) is 28.9 Å². The number of carbonyl (C=O) groups is 1. The van der Waals surface area contributed by atoms with E-state index in [-0.39, 0.29) is 24.0 Å². The first kappa shape index (κ1) is 19.6. The Morgan fingerprint density at radius 3 is 2.39 bits per heavy atom. The van der Waals surface area contributed by atoms with Crippen molar-refractivity contribution < 1.29 is 9.53 Å². The molecule has 0 saturated heterocycles. The van der Waals surface area contributed by atoms with E-state index in [2.05, 4.69) is 77.0 Å². The standard InChI is InChI=1S/C27H26N2O2/c1-31-27(30)24-17-22-20-14-8-9-15-23(20)28-26(22)25(29-24)21(19-12-6-3-7-13-19)16-18-10-4-2-5-11-18/h2-15,21,24-25,28-29H,16-17H2,1H3/t21-,24-,25-/m0/s1. The zero-order chi connectivity index (χ0) is 21.2. The van der Waals surface area contributed by atoms with Gasteiger partial charge in [-0.05, 0) is 29.2 Å². The molecule has 1 aromatic heterocycles. The first-order chi connectivity index (χ1) is 15.2. The summed E-state index contributed by atoms with van der Waals surface area (Å²) in [5.74, 6) is -0.0599. The van der Waals surface area contributed by atoms with Gasteiger partial charge in [-0.3, -0.25) is 10.1 Å². The van der Waals surface area contributed by atoms with Gasteiger partial charge in [-0.1, -0.05) is 78.9 Å². The maximum atomic E-state index is 12.6. The predicted octanol–water partition coefficient (Wildman–Crippen LogP) is 4.92. The van der Waals surface area contributed by atoms with E-state index >= 15 is 0 Å². The Balaban J connectivity index is 1.64. The minimum atomic E-state index is -0.372. The summed E-state index contributed by atoms with van der Waals surface area (Å²) in [5, 5.41) is 4.82. The Bertz CT molecular complexity index is 1180. The number of rotatable bonds is 5. The van der Waals surface area contributed by atoms with Crippen molar-refractivity contribution >= 4 is 16.9 Å². The van der Waals surface area contributed by atoms with Crippen LogP contribution < -0.4 is 5.32 Å². The molecule has 1 aliphatic heterocycles. The maximum Gasteiger partial charge on any atom is 0.323 e. The van der Waals surface area contributed by atoms with Gasteiger partial charge in [0.1, 0.15) is 6.04 Å². The Kier molecular flexibility index (Phi) is 5.31. The molecule has 1 aliphatic rings. The highest BCUT2D eigenvalue weighted by Gasteiger charge is 2.38. The van der Waals surface area contributed by atoms with Crippen molar-refractivity contribution in [2.45, 2.75) is 30.8 Å². The van der Waals surface area contributed by atoms with Crippen LogP contribution in [-0.4, -0.2) is 24.1 Å². The van der Waals surface area contributed by atoms with Crippen molar-refractivity contribution in [1.82, 2.24) is 10.3 Å². The van der Waals surface area contributed by atoms with Crippen molar-refractivity contribution in [3.8, 4) is 0 Å². The number of hydrogen-bond donors (Lipinski definition) is 2. The first-order valence-corrected chi connectivity index (χ1v) is 10.8. The third-order valence-corrected chi connectivity index (χ3v) is 6.36. The van der Waals surface area contributed by atoms with Gasteiger partial charge in [0.05, 0.1) is 13.2 Å². The maximum absolute atomic E-state index is 12.6. The number of carbonyl (C=O) groups excluding carboxylic acids is 1. The fourth-order valence-corrected chi connectivity index (χ4v) is 4.88. The van der Waals surface area contributed by atoms with Crippen LogP contribution in [0.4, 0.5) is 0 Å². The lowest BCUT2D eigenvalue weighted by molar-refractivity contribution is -0.143. The number of methoxy groups -OCH3 is 1. The Labute approximate surface area is 182 Å². The topological polar surface area (TPSA) is 54.1 Å². The van der Waals surface area contributed by atoms with Crippen LogP contribution in [0.1, 0.15) is 34.3 Å². The molecule has 2 N–H and O–H groups in total. The number of para-hydroxylation sites is 1. The van der Waals surface area contributed by atoms with Crippen molar-refractivity contribution in [1.29, 1.82) is 0 Å². The van der Waals surface area contributed by atoms with E-state index in [0.717, 1.165) is 11.9 Å². The Hall–Kier alpha value is -3.37. The number of hydrogen-bond acceptors (Lipinski definition) is 3. The highest BCUT2D eigenvalue weighted by atomic mass is 16.5. The molecule has 0 spiro atoms. The molecule has 0 bridgehead atoms.